The molecule has 0 atom stereocenters. The number of hydrogen-bond acceptors (Lipinski definition) is 8. The van der Waals surface area contributed by atoms with Gasteiger partial charge in [0.05, 0.1) is 0 Å². The van der Waals surface area contributed by atoms with Crippen LogP contribution in [0.5, 0.6) is 0 Å². The highest BCUT2D eigenvalue weighted by Gasteiger charge is 2.22. The average molecular weight is 370 g/mol. The molecule has 0 saturated carbocycles. The van der Waals surface area contributed by atoms with Crippen LogP contribution in [0.1, 0.15) is 0 Å². The summed E-state index contributed by atoms with van der Waals surface area (Å²) in [7, 11) is 0. The van der Waals surface area contributed by atoms with E-state index in [1.54, 1.807) is 0 Å². The lowest BCUT2D eigenvalue weighted by atomic mass is 10.6. The van der Waals surface area contributed by atoms with E-state index in [4.69, 9.17) is 10.2 Å². The van der Waals surface area contributed by atoms with Crippen molar-refractivity contribution < 1.29 is 19.8 Å². The first-order valence-corrected chi connectivity index (χ1v) is 7.86. The second-order valence-corrected chi connectivity index (χ2v) is 6.74. The monoisotopic (exact) mass is 370 g/mol. The molecule has 0 aromatic carbocycles. The van der Waals surface area contributed by atoms with E-state index in [1.165, 1.54) is 0 Å². The molecule has 0 fully saturated rings. The van der Waals surface area contributed by atoms with Crippen molar-refractivity contribution in [2.24, 2.45) is 0 Å². The lowest BCUT2D eigenvalue weighted by Crippen LogP contribution is -2.29. The van der Waals surface area contributed by atoms with E-state index in [0.29, 0.717) is 31.8 Å². The van der Waals surface area contributed by atoms with Gasteiger partial charge in [0.1, 0.15) is 31.9 Å². The summed E-state index contributed by atoms with van der Waals surface area (Å²) in [5, 5.41) is 17.5. The van der Waals surface area contributed by atoms with Crippen molar-refractivity contribution in [3.8, 4) is 0 Å². The zero-order chi connectivity index (χ0) is 17.8. The molecule has 3 heterocycles. The van der Waals surface area contributed by atoms with Gasteiger partial charge in [-0.25, -0.2) is 0 Å². The Kier molecular flexibility index (Phi) is 3.57. The SMILES string of the molecule is O=C(O)Cn1c(=O)c2sc3c(=O)n(CC(=O)O)c(=O)c3sc2c1=O. The summed E-state index contributed by atoms with van der Waals surface area (Å²) >= 11 is 1.17. The Bertz CT molecular complexity index is 1070. The van der Waals surface area contributed by atoms with E-state index in [1.807, 2.05) is 0 Å². The zero-order valence-electron chi connectivity index (χ0n) is 11.5. The van der Waals surface area contributed by atoms with E-state index < -0.39 is 47.3 Å². The molecule has 0 spiro atoms. The van der Waals surface area contributed by atoms with Crippen molar-refractivity contribution in [2.75, 3.05) is 0 Å². The molecule has 3 aromatic rings. The third-order valence-corrected chi connectivity index (χ3v) is 5.75. The maximum Gasteiger partial charge on any atom is 0.323 e. The molecule has 0 aliphatic carbocycles. The number of fused-ring (bicyclic) bond motifs is 2. The zero-order valence-corrected chi connectivity index (χ0v) is 13.1. The highest BCUT2D eigenvalue weighted by atomic mass is 32.1. The molecule has 0 radical (unpaired) electrons. The van der Waals surface area contributed by atoms with Gasteiger partial charge in [-0.05, 0) is 0 Å². The van der Waals surface area contributed by atoms with Crippen LogP contribution in [0.25, 0.3) is 18.8 Å². The highest BCUT2D eigenvalue weighted by Crippen LogP contribution is 2.25. The Morgan fingerprint density at radius 3 is 1.12 bits per heavy atom. The summed E-state index contributed by atoms with van der Waals surface area (Å²) in [5.74, 6) is -2.77. The van der Waals surface area contributed by atoms with Gasteiger partial charge in [0, 0.05) is 0 Å². The Labute approximate surface area is 137 Å². The molecule has 10 nitrogen and oxygen atoms in total. The van der Waals surface area contributed by atoms with Gasteiger partial charge in [-0.15, -0.1) is 22.7 Å². The molecule has 0 aliphatic rings. The van der Waals surface area contributed by atoms with Crippen LogP contribution in [0.4, 0.5) is 0 Å². The summed E-state index contributed by atoms with van der Waals surface area (Å²) < 4.78 is 0.483. The molecule has 2 N–H and O–H groups in total. The molecule has 0 saturated heterocycles. The van der Waals surface area contributed by atoms with Gasteiger partial charge < -0.3 is 10.2 Å². The topological polar surface area (TPSA) is 153 Å². The number of carbonyl (C=O) groups is 2. The van der Waals surface area contributed by atoms with Crippen LogP contribution in [0.15, 0.2) is 19.2 Å². The van der Waals surface area contributed by atoms with Gasteiger partial charge in [0.25, 0.3) is 22.2 Å². The quantitative estimate of drug-likeness (QED) is 0.579. The van der Waals surface area contributed by atoms with Crippen molar-refractivity contribution in [1.82, 2.24) is 9.13 Å². The number of hydrogen-bond donors (Lipinski definition) is 2. The molecule has 0 unspecified atom stereocenters. The maximum atomic E-state index is 12.1. The number of aliphatic carboxylic acids is 2. The maximum absolute atomic E-state index is 12.1. The first-order valence-electron chi connectivity index (χ1n) is 6.22. The second-order valence-electron chi connectivity index (χ2n) is 4.70. The lowest BCUT2D eigenvalue weighted by Gasteiger charge is -1.92. The average Bonchev–Trinajstić information content (AvgIpc) is 2.86. The first-order chi connectivity index (χ1) is 11.2. The van der Waals surface area contributed by atoms with Crippen LogP contribution in [-0.4, -0.2) is 31.3 Å². The predicted molar refractivity (Wildman–Crippen MR) is 84.7 cm³/mol. The smallest absolute Gasteiger partial charge is 0.323 e. The first kappa shape index (κ1) is 16.0. The number of aromatic nitrogens is 2. The molecule has 3 rings (SSSR count). The number of nitrogens with zero attached hydrogens (tertiary/aromatic N) is 2. The Morgan fingerprint density at radius 1 is 0.667 bits per heavy atom. The number of carboxylic acid groups (broad SMARTS) is 2. The van der Waals surface area contributed by atoms with Gasteiger partial charge in [-0.3, -0.25) is 37.9 Å². The Hall–Kier alpha value is -2.86. The molecule has 24 heavy (non-hydrogen) atoms. The van der Waals surface area contributed by atoms with E-state index >= 15 is 0 Å². The standard InChI is InChI=1S/C12H6N2O8S2/c15-3(16)1-13-9(19)5-6(10(13)20)24-8-7(23-5)11(21)14(12(8)22)2-4(17)18/h1-2H2,(H,15,16)(H,17,18). The fourth-order valence-electron chi connectivity index (χ4n) is 2.19. The summed E-state index contributed by atoms with van der Waals surface area (Å²) in [5.41, 5.74) is -3.45. The van der Waals surface area contributed by atoms with Crippen LogP contribution in [-0.2, 0) is 22.7 Å². The summed E-state index contributed by atoms with van der Waals surface area (Å²) in [6, 6.07) is 0. The van der Waals surface area contributed by atoms with Crippen LogP contribution in [0, 0.1) is 0 Å². The molecule has 0 amide bonds. The van der Waals surface area contributed by atoms with E-state index in [2.05, 4.69) is 0 Å². The van der Waals surface area contributed by atoms with Crippen LogP contribution in [0.3, 0.4) is 0 Å². The van der Waals surface area contributed by atoms with E-state index in [-0.39, 0.29) is 18.8 Å². The van der Waals surface area contributed by atoms with Gasteiger partial charge >= 0.3 is 11.9 Å². The second kappa shape index (κ2) is 5.35. The van der Waals surface area contributed by atoms with Gasteiger partial charge in [0.2, 0.25) is 0 Å². The van der Waals surface area contributed by atoms with Crippen molar-refractivity contribution in [3.05, 3.63) is 41.4 Å². The highest BCUT2D eigenvalue weighted by molar-refractivity contribution is 7.36. The molecule has 3 aromatic heterocycles. The third-order valence-electron chi connectivity index (χ3n) is 3.17. The number of carboxylic acids is 2. The summed E-state index contributed by atoms with van der Waals surface area (Å²) in [6.07, 6.45) is 0. The van der Waals surface area contributed by atoms with Gasteiger partial charge in [-0.2, -0.15) is 0 Å². The van der Waals surface area contributed by atoms with Crippen molar-refractivity contribution >= 4 is 53.4 Å². The Balaban J connectivity index is 2.43. The van der Waals surface area contributed by atoms with Gasteiger partial charge in [-0.1, -0.05) is 0 Å². The van der Waals surface area contributed by atoms with Crippen molar-refractivity contribution in [2.45, 2.75) is 13.1 Å². The Morgan fingerprint density at radius 2 is 0.917 bits per heavy atom. The molecule has 12 heteroatoms. The molecular formula is C12H6N2O8S2. The fraction of sp³-hybridized carbons (Fsp3) is 0.167. The minimum Gasteiger partial charge on any atom is -0.480 e. The molecule has 0 bridgehead atoms. The summed E-state index contributed by atoms with van der Waals surface area (Å²) in [4.78, 5) is 70.1. The van der Waals surface area contributed by atoms with E-state index in [9.17, 15) is 28.8 Å². The lowest BCUT2D eigenvalue weighted by molar-refractivity contribution is -0.138. The molecule has 124 valence electrons. The normalized spacial score (nSPS) is 11.3. The minimum absolute atomic E-state index is 0.136. The van der Waals surface area contributed by atoms with Crippen LogP contribution < -0.4 is 22.2 Å². The fourth-order valence-corrected chi connectivity index (χ4v) is 4.60. The third kappa shape index (κ3) is 2.23. The largest absolute Gasteiger partial charge is 0.480 e. The molecular weight excluding hydrogens is 364 g/mol. The predicted octanol–water partition coefficient (Wildman–Crippen LogP) is -1.23. The van der Waals surface area contributed by atoms with Crippen molar-refractivity contribution in [3.63, 3.8) is 0 Å². The minimum atomic E-state index is -1.38. The van der Waals surface area contributed by atoms with Crippen LogP contribution >= 0.6 is 22.7 Å². The number of rotatable bonds is 4. The van der Waals surface area contributed by atoms with E-state index in [0.717, 1.165) is 0 Å². The van der Waals surface area contributed by atoms with Crippen LogP contribution in [0.2, 0.25) is 0 Å². The molecule has 0 aliphatic heterocycles. The van der Waals surface area contributed by atoms with Crippen molar-refractivity contribution in [1.29, 1.82) is 0 Å². The summed E-state index contributed by atoms with van der Waals surface area (Å²) in [6.45, 7) is -1.66. The van der Waals surface area contributed by atoms with Gasteiger partial charge in [0.15, 0.2) is 0 Å².